The largest absolute Gasteiger partial charge is 0.539 e. The van der Waals surface area contributed by atoms with Crippen molar-refractivity contribution in [3.8, 4) is 11.5 Å². The molecule has 8 heteroatoms. The Morgan fingerprint density at radius 3 is 2.29 bits per heavy atom. The summed E-state index contributed by atoms with van der Waals surface area (Å²) in [5, 5.41) is 16.3. The summed E-state index contributed by atoms with van der Waals surface area (Å²) in [7, 11) is 3.30. The molecule has 2 aliphatic rings. The minimum Gasteiger partial charge on any atom is -0.539 e. The van der Waals surface area contributed by atoms with Crippen LogP contribution in [0.1, 0.15) is 35.6 Å². The predicted octanol–water partition coefficient (Wildman–Crippen LogP) is 0.987. The highest BCUT2D eigenvalue weighted by Gasteiger charge is 2.39. The summed E-state index contributed by atoms with van der Waals surface area (Å²) in [4.78, 5) is 30.5. The standard InChI is InChI=1S/C21H22NO3.C2H2O4/c1-24-20-10-15-8-9-22-18(14-6-4-3-5-7-14)11-16(23)12-19(22)17(15)13-21(20)25-2;3-1(4)2(5)6/h3-7,10,13,18H,8-9,11-12H2,1-2H3;(H,3,4)(H,5,6)/q+1;/p-1. The topological polar surface area (TPSA) is 116 Å². The number of Topliss-reactive ketones (excluding diaryl/α,β-unsaturated/α-hetero) is 1. The Hall–Kier alpha value is -3.68. The van der Waals surface area contributed by atoms with Crippen LogP contribution in [0.3, 0.4) is 0 Å². The Labute approximate surface area is 179 Å². The molecule has 1 atom stereocenters. The van der Waals surface area contributed by atoms with Crippen LogP contribution in [0.4, 0.5) is 0 Å². The number of hydrogen-bond donors (Lipinski definition) is 1. The van der Waals surface area contributed by atoms with Crippen LogP contribution in [-0.4, -0.2) is 53.9 Å². The van der Waals surface area contributed by atoms with Gasteiger partial charge in [0.05, 0.1) is 27.1 Å². The molecule has 0 aliphatic carbocycles. The van der Waals surface area contributed by atoms with Crippen molar-refractivity contribution in [3.05, 3.63) is 59.2 Å². The number of ketones is 1. The summed E-state index contributed by atoms with van der Waals surface area (Å²) < 4.78 is 13.3. The Morgan fingerprint density at radius 2 is 1.71 bits per heavy atom. The maximum absolute atomic E-state index is 12.5. The number of carbonyl (C=O) groups is 3. The van der Waals surface area contributed by atoms with Crippen LogP contribution in [0, 0.1) is 0 Å². The van der Waals surface area contributed by atoms with Gasteiger partial charge in [0.15, 0.2) is 29.2 Å². The zero-order valence-electron chi connectivity index (χ0n) is 17.3. The molecule has 2 aromatic carbocycles. The number of fused-ring (bicyclic) bond motifs is 2. The number of benzene rings is 2. The van der Waals surface area contributed by atoms with Crippen molar-refractivity contribution < 1.29 is 38.6 Å². The normalized spacial score (nSPS) is 17.0. The average molecular weight is 425 g/mol. The third kappa shape index (κ3) is 4.74. The third-order valence-corrected chi connectivity index (χ3v) is 5.41. The van der Waals surface area contributed by atoms with Gasteiger partial charge in [0.2, 0.25) is 0 Å². The molecule has 0 amide bonds. The Morgan fingerprint density at radius 1 is 1.10 bits per heavy atom. The first-order valence-electron chi connectivity index (χ1n) is 9.74. The van der Waals surface area contributed by atoms with Gasteiger partial charge in [-0.05, 0) is 17.7 Å². The Kier molecular flexibility index (Phi) is 6.69. The van der Waals surface area contributed by atoms with E-state index in [0.717, 1.165) is 30.0 Å². The van der Waals surface area contributed by atoms with Crippen LogP contribution in [0.5, 0.6) is 11.5 Å². The smallest absolute Gasteiger partial charge is 0.351 e. The zero-order valence-corrected chi connectivity index (χ0v) is 17.3. The van der Waals surface area contributed by atoms with Crippen molar-refractivity contribution in [3.63, 3.8) is 0 Å². The number of carboxylic acids is 2. The van der Waals surface area contributed by atoms with Gasteiger partial charge in [-0.25, -0.2) is 9.37 Å². The summed E-state index contributed by atoms with van der Waals surface area (Å²) in [5.41, 5.74) is 4.67. The minimum atomic E-state index is -2.07. The molecule has 0 radical (unpaired) electrons. The summed E-state index contributed by atoms with van der Waals surface area (Å²) in [6.45, 7) is 0.921. The summed E-state index contributed by atoms with van der Waals surface area (Å²) in [6, 6.07) is 14.5. The van der Waals surface area contributed by atoms with Gasteiger partial charge < -0.3 is 24.5 Å². The van der Waals surface area contributed by atoms with E-state index in [4.69, 9.17) is 29.3 Å². The molecule has 31 heavy (non-hydrogen) atoms. The molecule has 0 bridgehead atoms. The van der Waals surface area contributed by atoms with Crippen molar-refractivity contribution in [1.29, 1.82) is 0 Å². The molecule has 2 aromatic rings. The first-order valence-corrected chi connectivity index (χ1v) is 9.74. The van der Waals surface area contributed by atoms with E-state index in [1.807, 2.05) is 24.3 Å². The lowest BCUT2D eigenvalue weighted by Gasteiger charge is -2.28. The molecule has 0 aromatic heterocycles. The quantitative estimate of drug-likeness (QED) is 0.576. The number of nitrogens with zero attached hydrogens (tertiary/aromatic N) is 1. The van der Waals surface area contributed by atoms with E-state index in [0.29, 0.717) is 24.4 Å². The zero-order chi connectivity index (χ0) is 22.5. The molecule has 2 heterocycles. The van der Waals surface area contributed by atoms with Gasteiger partial charge in [-0.15, -0.1) is 0 Å². The Balaban J connectivity index is 0.000000401. The highest BCUT2D eigenvalue weighted by Crippen LogP contribution is 2.36. The molecule has 4 rings (SSSR count). The molecule has 162 valence electrons. The molecular weight excluding hydrogens is 402 g/mol. The fourth-order valence-electron chi connectivity index (χ4n) is 4.03. The number of methoxy groups -OCH3 is 2. The lowest BCUT2D eigenvalue weighted by molar-refractivity contribution is -0.575. The number of carbonyl (C=O) groups excluding carboxylic acids is 2. The number of rotatable bonds is 3. The highest BCUT2D eigenvalue weighted by atomic mass is 16.5. The van der Waals surface area contributed by atoms with E-state index < -0.39 is 11.9 Å². The summed E-state index contributed by atoms with van der Waals surface area (Å²) in [6.07, 6.45) is 2.01. The first kappa shape index (κ1) is 22.0. The van der Waals surface area contributed by atoms with E-state index in [1.54, 1.807) is 14.2 Å². The maximum atomic E-state index is 12.5. The van der Waals surface area contributed by atoms with E-state index in [-0.39, 0.29) is 6.04 Å². The predicted molar refractivity (Wildman–Crippen MR) is 109 cm³/mol. The molecule has 8 nitrogen and oxygen atoms in total. The fraction of sp³-hybridized carbons (Fsp3) is 0.304. The second-order valence-corrected chi connectivity index (χ2v) is 7.19. The van der Waals surface area contributed by atoms with Gasteiger partial charge in [-0.3, -0.25) is 4.79 Å². The van der Waals surface area contributed by atoms with Gasteiger partial charge in [0.1, 0.15) is 12.3 Å². The van der Waals surface area contributed by atoms with Crippen molar-refractivity contribution >= 4 is 23.4 Å². The first-order chi connectivity index (χ1) is 14.8. The monoisotopic (exact) mass is 425 g/mol. The third-order valence-electron chi connectivity index (χ3n) is 5.41. The van der Waals surface area contributed by atoms with Gasteiger partial charge in [0.25, 0.3) is 0 Å². The molecule has 1 N–H and O–H groups in total. The molecule has 0 spiro atoms. The lowest BCUT2D eigenvalue weighted by Crippen LogP contribution is -2.39. The summed E-state index contributed by atoms with van der Waals surface area (Å²) in [5.74, 6) is -2.25. The molecule has 0 saturated heterocycles. The minimum absolute atomic E-state index is 0.124. The SMILES string of the molecule is COc1cc2c(cc1OC)C1=[N+](CC2)C(c2ccccc2)CC(=O)C1.O=C([O-])C(=O)O. The highest BCUT2D eigenvalue weighted by molar-refractivity contribution is 6.26. The molecule has 1 unspecified atom stereocenters. The van der Waals surface area contributed by atoms with Crippen molar-refractivity contribution in [1.82, 2.24) is 0 Å². The Bertz CT molecular complexity index is 1030. The van der Waals surface area contributed by atoms with E-state index >= 15 is 0 Å². The van der Waals surface area contributed by atoms with E-state index in [9.17, 15) is 4.79 Å². The molecule has 0 saturated carbocycles. The molecule has 0 fully saturated rings. The van der Waals surface area contributed by atoms with E-state index in [2.05, 4.69) is 22.8 Å². The van der Waals surface area contributed by atoms with Crippen molar-refractivity contribution in [2.24, 2.45) is 0 Å². The average Bonchev–Trinajstić information content (AvgIpc) is 2.78. The van der Waals surface area contributed by atoms with Crippen LogP contribution < -0.4 is 14.6 Å². The van der Waals surface area contributed by atoms with Gasteiger partial charge in [0, 0.05) is 17.5 Å². The molecular formula is C23H23NO7. The van der Waals surface area contributed by atoms with Crippen molar-refractivity contribution in [2.75, 3.05) is 20.8 Å². The van der Waals surface area contributed by atoms with Crippen LogP contribution in [0.2, 0.25) is 0 Å². The number of aliphatic carboxylic acids is 2. The number of carboxylic acid groups (broad SMARTS) is 2. The molecule has 2 aliphatic heterocycles. The van der Waals surface area contributed by atoms with Gasteiger partial charge in [-0.2, -0.15) is 0 Å². The fourth-order valence-corrected chi connectivity index (χ4v) is 4.03. The van der Waals surface area contributed by atoms with E-state index in [1.165, 1.54) is 11.1 Å². The second-order valence-electron chi connectivity index (χ2n) is 7.19. The van der Waals surface area contributed by atoms with Crippen LogP contribution in [-0.2, 0) is 20.8 Å². The number of ether oxygens (including phenoxy) is 2. The number of hydrogen-bond acceptors (Lipinski definition) is 6. The second kappa shape index (κ2) is 9.42. The van der Waals surface area contributed by atoms with Crippen LogP contribution in [0.15, 0.2) is 42.5 Å². The lowest BCUT2D eigenvalue weighted by atomic mass is 9.86. The maximum Gasteiger partial charge on any atom is 0.351 e. The summed E-state index contributed by atoms with van der Waals surface area (Å²) >= 11 is 0. The van der Waals surface area contributed by atoms with Crippen LogP contribution in [0.25, 0.3) is 0 Å². The van der Waals surface area contributed by atoms with Gasteiger partial charge >= 0.3 is 5.97 Å². The van der Waals surface area contributed by atoms with Crippen LogP contribution >= 0.6 is 0 Å². The van der Waals surface area contributed by atoms with Crippen molar-refractivity contribution in [2.45, 2.75) is 25.3 Å². The van der Waals surface area contributed by atoms with Gasteiger partial charge in [-0.1, -0.05) is 30.3 Å².